The van der Waals surface area contributed by atoms with Gasteiger partial charge in [-0.25, -0.2) is 0 Å². The average Bonchev–Trinajstić information content (AvgIpc) is 2.96. The van der Waals surface area contributed by atoms with Gasteiger partial charge in [-0.2, -0.15) is 0 Å². The van der Waals surface area contributed by atoms with E-state index in [1.807, 2.05) is 6.92 Å². The van der Waals surface area contributed by atoms with Crippen molar-refractivity contribution in [3.05, 3.63) is 28.8 Å². The fourth-order valence-corrected chi connectivity index (χ4v) is 2.62. The Bertz CT molecular complexity index is 556. The van der Waals surface area contributed by atoms with Crippen LogP contribution in [0.25, 0.3) is 0 Å². The summed E-state index contributed by atoms with van der Waals surface area (Å²) in [6.07, 6.45) is 1.97. The summed E-state index contributed by atoms with van der Waals surface area (Å²) in [6.45, 7) is 4.50. The number of nitrogens with zero attached hydrogens (tertiary/aromatic N) is 1. The molecule has 1 fully saturated rings. The van der Waals surface area contributed by atoms with E-state index in [1.165, 1.54) is 11.8 Å². The molecule has 1 N–H and O–H groups in total. The second-order valence-corrected chi connectivity index (χ2v) is 5.90. The highest BCUT2D eigenvalue weighted by Crippen LogP contribution is 2.23. The number of halogens is 1. The molecule has 1 aliphatic rings. The van der Waals surface area contributed by atoms with Gasteiger partial charge in [-0.15, -0.1) is 0 Å². The summed E-state index contributed by atoms with van der Waals surface area (Å²) >= 11 is 6.03. The molecule has 1 aliphatic heterocycles. The van der Waals surface area contributed by atoms with E-state index in [4.69, 9.17) is 16.3 Å². The molecule has 0 aliphatic carbocycles. The van der Waals surface area contributed by atoms with Crippen LogP contribution in [0.4, 0.5) is 5.69 Å². The number of carbonyl (C=O) groups is 2. The SMILES string of the molecule is CC(=O)N(CC(=O)Nc1cccc(Cl)c1C)CC1CCCO1. The van der Waals surface area contributed by atoms with Crippen LogP contribution in [0.15, 0.2) is 18.2 Å². The molecule has 0 bridgehead atoms. The van der Waals surface area contributed by atoms with Gasteiger partial charge in [0, 0.05) is 30.8 Å². The number of ether oxygens (including phenoxy) is 1. The van der Waals surface area contributed by atoms with Gasteiger partial charge in [0.1, 0.15) is 0 Å². The van der Waals surface area contributed by atoms with Gasteiger partial charge in [0.15, 0.2) is 0 Å². The van der Waals surface area contributed by atoms with Gasteiger partial charge in [-0.3, -0.25) is 9.59 Å². The van der Waals surface area contributed by atoms with Crippen LogP contribution in [0.3, 0.4) is 0 Å². The molecule has 0 aromatic heterocycles. The number of hydrogen-bond acceptors (Lipinski definition) is 3. The third kappa shape index (κ3) is 4.45. The molecule has 1 aromatic rings. The first-order valence-corrected chi connectivity index (χ1v) is 7.77. The number of amides is 2. The Morgan fingerprint density at radius 1 is 1.45 bits per heavy atom. The van der Waals surface area contributed by atoms with Gasteiger partial charge in [-0.05, 0) is 37.5 Å². The maximum absolute atomic E-state index is 12.2. The zero-order valence-corrected chi connectivity index (χ0v) is 13.7. The van der Waals surface area contributed by atoms with Gasteiger partial charge >= 0.3 is 0 Å². The van der Waals surface area contributed by atoms with Crippen molar-refractivity contribution < 1.29 is 14.3 Å². The molecule has 1 aromatic carbocycles. The number of benzene rings is 1. The molecule has 1 atom stereocenters. The van der Waals surface area contributed by atoms with Crippen LogP contribution in [0.5, 0.6) is 0 Å². The molecule has 0 radical (unpaired) electrons. The molecule has 2 rings (SSSR count). The summed E-state index contributed by atoms with van der Waals surface area (Å²) in [7, 11) is 0. The lowest BCUT2D eigenvalue weighted by Crippen LogP contribution is -2.41. The first-order valence-electron chi connectivity index (χ1n) is 7.39. The van der Waals surface area contributed by atoms with Crippen LogP contribution in [0.1, 0.15) is 25.3 Å². The Morgan fingerprint density at radius 2 is 2.23 bits per heavy atom. The third-order valence-electron chi connectivity index (χ3n) is 3.77. The Labute approximate surface area is 135 Å². The number of nitrogens with one attached hydrogen (secondary N) is 1. The van der Waals surface area contributed by atoms with Gasteiger partial charge in [-0.1, -0.05) is 17.7 Å². The fraction of sp³-hybridized carbons (Fsp3) is 0.500. The van der Waals surface area contributed by atoms with E-state index in [0.717, 1.165) is 25.0 Å². The predicted molar refractivity (Wildman–Crippen MR) is 86.0 cm³/mol. The smallest absolute Gasteiger partial charge is 0.244 e. The minimum Gasteiger partial charge on any atom is -0.376 e. The van der Waals surface area contributed by atoms with E-state index in [0.29, 0.717) is 17.3 Å². The molecule has 120 valence electrons. The lowest BCUT2D eigenvalue weighted by molar-refractivity contribution is -0.134. The van der Waals surface area contributed by atoms with Crippen molar-refractivity contribution in [2.24, 2.45) is 0 Å². The quantitative estimate of drug-likeness (QED) is 0.905. The number of carbonyl (C=O) groups excluding carboxylic acids is 2. The third-order valence-corrected chi connectivity index (χ3v) is 4.18. The molecule has 6 heteroatoms. The minimum atomic E-state index is -0.237. The summed E-state index contributed by atoms with van der Waals surface area (Å²) in [4.78, 5) is 25.4. The highest BCUT2D eigenvalue weighted by Gasteiger charge is 2.22. The molecule has 0 spiro atoms. The van der Waals surface area contributed by atoms with Crippen molar-refractivity contribution in [3.63, 3.8) is 0 Å². The monoisotopic (exact) mass is 324 g/mol. The summed E-state index contributed by atoms with van der Waals surface area (Å²) < 4.78 is 5.53. The lowest BCUT2D eigenvalue weighted by Gasteiger charge is -2.23. The molecule has 2 amide bonds. The van der Waals surface area contributed by atoms with E-state index in [2.05, 4.69) is 5.32 Å². The maximum Gasteiger partial charge on any atom is 0.244 e. The zero-order chi connectivity index (χ0) is 16.1. The Hall–Kier alpha value is -1.59. The molecule has 0 saturated carbocycles. The zero-order valence-electron chi connectivity index (χ0n) is 12.9. The van der Waals surface area contributed by atoms with Crippen LogP contribution in [0, 0.1) is 6.92 Å². The van der Waals surface area contributed by atoms with Gasteiger partial charge in [0.25, 0.3) is 0 Å². The number of rotatable bonds is 5. The largest absolute Gasteiger partial charge is 0.376 e. The summed E-state index contributed by atoms with van der Waals surface area (Å²) in [5.74, 6) is -0.368. The molecule has 1 unspecified atom stereocenters. The van der Waals surface area contributed by atoms with Gasteiger partial charge in [0.05, 0.1) is 12.6 Å². The summed E-state index contributed by atoms with van der Waals surface area (Å²) in [6, 6.07) is 5.34. The number of hydrogen-bond donors (Lipinski definition) is 1. The highest BCUT2D eigenvalue weighted by atomic mass is 35.5. The van der Waals surface area contributed by atoms with Crippen LogP contribution in [-0.4, -0.2) is 42.5 Å². The van der Waals surface area contributed by atoms with E-state index in [-0.39, 0.29) is 24.5 Å². The molecule has 22 heavy (non-hydrogen) atoms. The van der Waals surface area contributed by atoms with Crippen molar-refractivity contribution in [2.75, 3.05) is 25.0 Å². The number of anilines is 1. The highest BCUT2D eigenvalue weighted by molar-refractivity contribution is 6.31. The van der Waals surface area contributed by atoms with Crippen LogP contribution in [-0.2, 0) is 14.3 Å². The van der Waals surface area contributed by atoms with Crippen molar-refractivity contribution in [1.29, 1.82) is 0 Å². The van der Waals surface area contributed by atoms with E-state index in [1.54, 1.807) is 18.2 Å². The van der Waals surface area contributed by atoms with Crippen molar-refractivity contribution in [1.82, 2.24) is 4.90 Å². The molecule has 5 nitrogen and oxygen atoms in total. The second kappa shape index (κ2) is 7.61. The van der Waals surface area contributed by atoms with Crippen LogP contribution < -0.4 is 5.32 Å². The van der Waals surface area contributed by atoms with Crippen LogP contribution >= 0.6 is 11.6 Å². The maximum atomic E-state index is 12.2. The summed E-state index contributed by atoms with van der Waals surface area (Å²) in [5.41, 5.74) is 1.48. The molecular weight excluding hydrogens is 304 g/mol. The topological polar surface area (TPSA) is 58.6 Å². The lowest BCUT2D eigenvalue weighted by atomic mass is 10.2. The molecular formula is C16H21ClN2O3. The van der Waals surface area contributed by atoms with Gasteiger partial charge in [0.2, 0.25) is 11.8 Å². The fourth-order valence-electron chi connectivity index (χ4n) is 2.44. The predicted octanol–water partition coefficient (Wildman–Crippen LogP) is 2.61. The van der Waals surface area contributed by atoms with Crippen molar-refractivity contribution in [2.45, 2.75) is 32.8 Å². The average molecular weight is 325 g/mol. The normalized spacial score (nSPS) is 17.3. The first-order chi connectivity index (χ1) is 10.5. The summed E-state index contributed by atoms with van der Waals surface area (Å²) in [5, 5.41) is 3.40. The van der Waals surface area contributed by atoms with E-state index >= 15 is 0 Å². The minimum absolute atomic E-state index is 0.0150. The van der Waals surface area contributed by atoms with Crippen molar-refractivity contribution >= 4 is 29.1 Å². The Balaban J connectivity index is 1.95. The standard InChI is InChI=1S/C16H21ClN2O3/c1-11-14(17)6-3-7-15(11)18-16(21)10-19(12(2)20)9-13-5-4-8-22-13/h3,6-7,13H,4-5,8-10H2,1-2H3,(H,18,21). The van der Waals surface area contributed by atoms with Crippen molar-refractivity contribution in [3.8, 4) is 0 Å². The van der Waals surface area contributed by atoms with Gasteiger partial charge < -0.3 is 15.0 Å². The Kier molecular flexibility index (Phi) is 5.80. The second-order valence-electron chi connectivity index (χ2n) is 5.50. The Morgan fingerprint density at radius 3 is 2.86 bits per heavy atom. The van der Waals surface area contributed by atoms with E-state index < -0.39 is 0 Å². The van der Waals surface area contributed by atoms with E-state index in [9.17, 15) is 9.59 Å². The first kappa shape index (κ1) is 16.8. The van der Waals surface area contributed by atoms with Crippen LogP contribution in [0.2, 0.25) is 5.02 Å². The molecule has 1 heterocycles. The molecule has 1 saturated heterocycles.